The van der Waals surface area contributed by atoms with Gasteiger partial charge in [0.2, 0.25) is 0 Å². The standard InChI is InChI=1S/C8H14N2/c1-5-8(10(3)4)6-7-9-2/h5-7H,2H2,1,3-4H3/b7-6-,8-5+. The molecule has 0 N–H and O–H groups in total. The molecule has 0 aromatic carbocycles. The zero-order valence-electron chi connectivity index (χ0n) is 6.83. The molecular formula is C8H14N2. The van der Waals surface area contributed by atoms with Crippen LogP contribution in [0.15, 0.2) is 29.0 Å². The van der Waals surface area contributed by atoms with Gasteiger partial charge >= 0.3 is 0 Å². The molecule has 2 heteroatoms. The van der Waals surface area contributed by atoms with Crippen molar-refractivity contribution in [2.75, 3.05) is 14.1 Å². The van der Waals surface area contributed by atoms with Crippen LogP contribution < -0.4 is 0 Å². The topological polar surface area (TPSA) is 15.6 Å². The third-order valence-electron chi connectivity index (χ3n) is 1.16. The van der Waals surface area contributed by atoms with E-state index in [0.717, 1.165) is 5.70 Å². The summed E-state index contributed by atoms with van der Waals surface area (Å²) < 4.78 is 0. The Hall–Kier alpha value is -1.05. The Balaban J connectivity index is 4.10. The molecule has 0 heterocycles. The Labute approximate surface area is 62.6 Å². The summed E-state index contributed by atoms with van der Waals surface area (Å²) in [5.41, 5.74) is 1.13. The minimum atomic E-state index is 1.13. The molecule has 56 valence electrons. The maximum absolute atomic E-state index is 3.61. The summed E-state index contributed by atoms with van der Waals surface area (Å²) >= 11 is 0. The van der Waals surface area contributed by atoms with Crippen LogP contribution in [0.1, 0.15) is 6.92 Å². The van der Waals surface area contributed by atoms with Crippen molar-refractivity contribution >= 4 is 6.72 Å². The van der Waals surface area contributed by atoms with Crippen LogP contribution in [0.3, 0.4) is 0 Å². The normalized spacial score (nSPS) is 12.1. The molecule has 0 spiro atoms. The molecular weight excluding hydrogens is 124 g/mol. The van der Waals surface area contributed by atoms with E-state index in [1.807, 2.05) is 38.1 Å². The number of hydrogen-bond acceptors (Lipinski definition) is 2. The second-order valence-electron chi connectivity index (χ2n) is 2.11. The predicted molar refractivity (Wildman–Crippen MR) is 46.1 cm³/mol. The molecule has 0 aliphatic rings. The van der Waals surface area contributed by atoms with E-state index in [2.05, 4.69) is 11.7 Å². The monoisotopic (exact) mass is 138 g/mol. The Morgan fingerprint density at radius 1 is 1.50 bits per heavy atom. The molecule has 0 radical (unpaired) electrons. The minimum absolute atomic E-state index is 1.13. The third-order valence-corrected chi connectivity index (χ3v) is 1.16. The van der Waals surface area contributed by atoms with E-state index in [1.165, 1.54) is 0 Å². The molecule has 0 saturated carbocycles. The van der Waals surface area contributed by atoms with Crippen molar-refractivity contribution in [1.82, 2.24) is 4.90 Å². The molecule has 0 atom stereocenters. The first-order chi connectivity index (χ1) is 4.72. The van der Waals surface area contributed by atoms with E-state index in [9.17, 15) is 0 Å². The van der Waals surface area contributed by atoms with Gasteiger partial charge in [0.15, 0.2) is 0 Å². The highest BCUT2D eigenvalue weighted by molar-refractivity contribution is 5.27. The quantitative estimate of drug-likeness (QED) is 0.428. The van der Waals surface area contributed by atoms with Crippen LogP contribution in [-0.4, -0.2) is 25.7 Å². The fourth-order valence-corrected chi connectivity index (χ4v) is 0.633. The van der Waals surface area contributed by atoms with E-state index in [4.69, 9.17) is 0 Å². The van der Waals surface area contributed by atoms with Gasteiger partial charge in [-0.2, -0.15) is 0 Å². The highest BCUT2D eigenvalue weighted by Crippen LogP contribution is 1.98. The molecule has 0 fully saturated rings. The summed E-state index contributed by atoms with van der Waals surface area (Å²) in [5, 5.41) is 0. The lowest BCUT2D eigenvalue weighted by atomic mass is 10.4. The largest absolute Gasteiger partial charge is 0.378 e. The van der Waals surface area contributed by atoms with E-state index in [-0.39, 0.29) is 0 Å². The Morgan fingerprint density at radius 2 is 2.10 bits per heavy atom. The molecule has 0 aromatic heterocycles. The third kappa shape index (κ3) is 3.07. The number of rotatable bonds is 3. The van der Waals surface area contributed by atoms with Gasteiger partial charge < -0.3 is 4.90 Å². The fraction of sp³-hybridized carbons (Fsp3) is 0.375. The van der Waals surface area contributed by atoms with E-state index in [0.29, 0.717) is 0 Å². The molecule has 0 aliphatic heterocycles. The lowest BCUT2D eigenvalue weighted by Gasteiger charge is -2.11. The summed E-state index contributed by atoms with van der Waals surface area (Å²) in [7, 11) is 3.98. The number of allylic oxidation sites excluding steroid dienone is 2. The summed E-state index contributed by atoms with van der Waals surface area (Å²) in [4.78, 5) is 5.62. The van der Waals surface area contributed by atoms with Crippen LogP contribution in [0, 0.1) is 0 Å². The second-order valence-corrected chi connectivity index (χ2v) is 2.11. The minimum Gasteiger partial charge on any atom is -0.378 e. The predicted octanol–water partition coefficient (Wildman–Crippen LogP) is 1.67. The lowest BCUT2D eigenvalue weighted by Crippen LogP contribution is -2.08. The molecule has 0 aromatic rings. The molecule has 0 rings (SSSR count). The van der Waals surface area contributed by atoms with Crippen molar-refractivity contribution in [3.63, 3.8) is 0 Å². The summed E-state index contributed by atoms with van der Waals surface area (Å²) in [6.07, 6.45) is 5.60. The van der Waals surface area contributed by atoms with Crippen molar-refractivity contribution in [3.05, 3.63) is 24.0 Å². The lowest BCUT2D eigenvalue weighted by molar-refractivity contribution is 0.528. The van der Waals surface area contributed by atoms with Crippen LogP contribution in [-0.2, 0) is 0 Å². The van der Waals surface area contributed by atoms with Gasteiger partial charge in [-0.25, -0.2) is 0 Å². The van der Waals surface area contributed by atoms with Crippen molar-refractivity contribution in [2.24, 2.45) is 4.99 Å². The van der Waals surface area contributed by atoms with Gasteiger partial charge in [-0.15, -0.1) is 0 Å². The number of hydrogen-bond donors (Lipinski definition) is 0. The maximum atomic E-state index is 3.61. The van der Waals surface area contributed by atoms with Gasteiger partial charge in [-0.3, -0.25) is 4.99 Å². The highest BCUT2D eigenvalue weighted by Gasteiger charge is 1.88. The molecule has 0 amide bonds. The van der Waals surface area contributed by atoms with Crippen LogP contribution in [0.25, 0.3) is 0 Å². The average molecular weight is 138 g/mol. The van der Waals surface area contributed by atoms with Gasteiger partial charge in [-0.05, 0) is 19.7 Å². The smallest absolute Gasteiger partial charge is 0.0333 e. The molecule has 0 aliphatic carbocycles. The van der Waals surface area contributed by atoms with Gasteiger partial charge in [0.25, 0.3) is 0 Å². The maximum Gasteiger partial charge on any atom is 0.0333 e. The molecule has 10 heavy (non-hydrogen) atoms. The van der Waals surface area contributed by atoms with Gasteiger partial charge in [0.05, 0.1) is 0 Å². The molecule has 2 nitrogen and oxygen atoms in total. The summed E-state index contributed by atoms with van der Waals surface area (Å²) in [6.45, 7) is 5.33. The zero-order chi connectivity index (χ0) is 7.98. The highest BCUT2D eigenvalue weighted by atomic mass is 15.1. The van der Waals surface area contributed by atoms with Crippen molar-refractivity contribution in [1.29, 1.82) is 0 Å². The van der Waals surface area contributed by atoms with Gasteiger partial charge in [0, 0.05) is 26.0 Å². The summed E-state index contributed by atoms with van der Waals surface area (Å²) in [6, 6.07) is 0. The van der Waals surface area contributed by atoms with Gasteiger partial charge in [0.1, 0.15) is 0 Å². The molecule has 0 unspecified atom stereocenters. The SMILES string of the molecule is C=N/C=C\C(=C/C)N(C)C. The second kappa shape index (κ2) is 4.79. The van der Waals surface area contributed by atoms with Crippen molar-refractivity contribution < 1.29 is 0 Å². The van der Waals surface area contributed by atoms with E-state index >= 15 is 0 Å². The summed E-state index contributed by atoms with van der Waals surface area (Å²) in [5.74, 6) is 0. The van der Waals surface area contributed by atoms with Crippen LogP contribution >= 0.6 is 0 Å². The Morgan fingerprint density at radius 3 is 2.40 bits per heavy atom. The molecule has 0 bridgehead atoms. The van der Waals surface area contributed by atoms with E-state index in [1.54, 1.807) is 6.20 Å². The van der Waals surface area contributed by atoms with E-state index < -0.39 is 0 Å². The first-order valence-electron chi connectivity index (χ1n) is 3.18. The van der Waals surface area contributed by atoms with Crippen molar-refractivity contribution in [2.45, 2.75) is 6.92 Å². The Bertz CT molecular complexity index is 155. The first kappa shape index (κ1) is 8.95. The van der Waals surface area contributed by atoms with Crippen LogP contribution in [0.5, 0.6) is 0 Å². The Kier molecular flexibility index (Phi) is 4.29. The van der Waals surface area contributed by atoms with Gasteiger partial charge in [-0.1, -0.05) is 6.08 Å². The van der Waals surface area contributed by atoms with Crippen LogP contribution in [0.2, 0.25) is 0 Å². The molecule has 0 saturated heterocycles. The number of likely N-dealkylation sites (N-methyl/N-ethyl adjacent to an activating group) is 1. The first-order valence-corrected chi connectivity index (χ1v) is 3.18. The van der Waals surface area contributed by atoms with Crippen molar-refractivity contribution in [3.8, 4) is 0 Å². The average Bonchev–Trinajstić information content (AvgIpc) is 1.89. The zero-order valence-corrected chi connectivity index (χ0v) is 6.83. The number of nitrogens with zero attached hydrogens (tertiary/aromatic N) is 2. The fourth-order valence-electron chi connectivity index (χ4n) is 0.633. The number of aliphatic imine (C=N–C) groups is 1. The van der Waals surface area contributed by atoms with Crippen LogP contribution in [0.4, 0.5) is 0 Å².